The Balaban J connectivity index is 3.19. The van der Waals surface area contributed by atoms with Crippen LogP contribution in [-0.2, 0) is 0 Å². The van der Waals surface area contributed by atoms with Gasteiger partial charge in [0.15, 0.2) is 0 Å². The van der Waals surface area contributed by atoms with E-state index in [1.165, 1.54) is 20.3 Å². The second-order valence-corrected chi connectivity index (χ2v) is 2.61. The summed E-state index contributed by atoms with van der Waals surface area (Å²) in [5.74, 6) is 0.340. The van der Waals surface area contributed by atoms with Gasteiger partial charge in [-0.05, 0) is 0 Å². The molecule has 1 aromatic carbocycles. The van der Waals surface area contributed by atoms with Crippen molar-refractivity contribution < 1.29 is 13.9 Å². The van der Waals surface area contributed by atoms with E-state index in [-0.39, 0.29) is 4.90 Å². The van der Waals surface area contributed by atoms with Crippen molar-refractivity contribution >= 4 is 12.6 Å². The van der Waals surface area contributed by atoms with E-state index < -0.39 is 5.82 Å². The van der Waals surface area contributed by atoms with Crippen molar-refractivity contribution in [3.05, 3.63) is 17.9 Å². The highest BCUT2D eigenvalue weighted by molar-refractivity contribution is 7.80. The summed E-state index contributed by atoms with van der Waals surface area (Å²) in [6, 6.07) is 2.83. The third-order valence-electron chi connectivity index (χ3n) is 1.46. The van der Waals surface area contributed by atoms with Crippen molar-refractivity contribution in [2.75, 3.05) is 14.2 Å². The van der Waals surface area contributed by atoms with Crippen LogP contribution in [0.1, 0.15) is 0 Å². The normalized spacial score (nSPS) is 9.67. The molecule has 0 atom stereocenters. The molecule has 0 aliphatic rings. The van der Waals surface area contributed by atoms with Crippen LogP contribution < -0.4 is 9.47 Å². The molecule has 2 nitrogen and oxygen atoms in total. The van der Waals surface area contributed by atoms with Crippen LogP contribution in [0.4, 0.5) is 4.39 Å². The maximum atomic E-state index is 13.0. The summed E-state index contributed by atoms with van der Waals surface area (Å²) < 4.78 is 22.7. The molecule has 12 heavy (non-hydrogen) atoms. The van der Waals surface area contributed by atoms with Gasteiger partial charge in [0.05, 0.1) is 19.1 Å². The van der Waals surface area contributed by atoms with Crippen molar-refractivity contribution in [1.82, 2.24) is 0 Å². The largest absolute Gasteiger partial charge is 0.497 e. The standard InChI is InChI=1S/C8H9FO2S/c1-10-5-3-6(9)8(12)7(4-5)11-2/h3-4,12H,1-2H3. The van der Waals surface area contributed by atoms with Crippen molar-refractivity contribution in [3.8, 4) is 11.5 Å². The third-order valence-corrected chi connectivity index (χ3v) is 1.89. The van der Waals surface area contributed by atoms with Gasteiger partial charge in [0.2, 0.25) is 0 Å². The minimum atomic E-state index is -0.450. The van der Waals surface area contributed by atoms with E-state index in [9.17, 15) is 4.39 Å². The Kier molecular flexibility index (Phi) is 2.81. The number of ether oxygens (including phenoxy) is 2. The maximum Gasteiger partial charge on any atom is 0.143 e. The third kappa shape index (κ3) is 1.64. The zero-order chi connectivity index (χ0) is 9.14. The summed E-state index contributed by atoms with van der Waals surface area (Å²) in [7, 11) is 2.92. The number of halogens is 1. The fourth-order valence-corrected chi connectivity index (χ4v) is 1.04. The van der Waals surface area contributed by atoms with E-state index in [1.54, 1.807) is 6.07 Å². The second kappa shape index (κ2) is 3.67. The first-order valence-corrected chi connectivity index (χ1v) is 3.74. The average Bonchev–Trinajstić information content (AvgIpc) is 2.09. The molecule has 0 aliphatic heterocycles. The predicted molar refractivity (Wildman–Crippen MR) is 46.8 cm³/mol. The number of thiol groups is 1. The van der Waals surface area contributed by atoms with Crippen LogP contribution in [0.5, 0.6) is 11.5 Å². The Morgan fingerprint density at radius 2 is 1.92 bits per heavy atom. The molecule has 0 amide bonds. The molecular formula is C8H9FO2S. The van der Waals surface area contributed by atoms with Crippen LogP contribution in [-0.4, -0.2) is 14.2 Å². The number of rotatable bonds is 2. The smallest absolute Gasteiger partial charge is 0.143 e. The summed E-state index contributed by atoms with van der Waals surface area (Å²) in [6.07, 6.45) is 0. The van der Waals surface area contributed by atoms with Gasteiger partial charge in [0, 0.05) is 12.1 Å². The van der Waals surface area contributed by atoms with E-state index in [1.807, 2.05) is 0 Å². The van der Waals surface area contributed by atoms with Crippen molar-refractivity contribution in [3.63, 3.8) is 0 Å². The number of methoxy groups -OCH3 is 2. The Hall–Kier alpha value is -0.900. The molecule has 0 unspecified atom stereocenters. The highest BCUT2D eigenvalue weighted by Gasteiger charge is 2.07. The molecule has 0 heterocycles. The van der Waals surface area contributed by atoms with Crippen molar-refractivity contribution in [1.29, 1.82) is 0 Å². The molecular weight excluding hydrogens is 179 g/mol. The van der Waals surface area contributed by atoms with Crippen LogP contribution >= 0.6 is 12.6 Å². The first-order valence-electron chi connectivity index (χ1n) is 3.29. The number of hydrogen-bond acceptors (Lipinski definition) is 3. The maximum absolute atomic E-state index is 13.0. The summed E-state index contributed by atoms with van der Waals surface area (Å²) in [6.45, 7) is 0. The lowest BCUT2D eigenvalue weighted by Gasteiger charge is -2.06. The van der Waals surface area contributed by atoms with Crippen LogP contribution in [0.25, 0.3) is 0 Å². The zero-order valence-electron chi connectivity index (χ0n) is 6.80. The quantitative estimate of drug-likeness (QED) is 0.717. The fourth-order valence-electron chi connectivity index (χ4n) is 0.824. The van der Waals surface area contributed by atoms with Gasteiger partial charge in [-0.2, -0.15) is 0 Å². The summed E-state index contributed by atoms with van der Waals surface area (Å²) in [4.78, 5) is 0.193. The minimum absolute atomic E-state index is 0.193. The predicted octanol–water partition coefficient (Wildman–Crippen LogP) is 2.13. The van der Waals surface area contributed by atoms with Crippen LogP contribution in [0.3, 0.4) is 0 Å². The molecule has 0 saturated carbocycles. The monoisotopic (exact) mass is 188 g/mol. The molecule has 1 rings (SSSR count). The molecule has 0 aliphatic carbocycles. The van der Waals surface area contributed by atoms with Crippen LogP contribution in [0, 0.1) is 5.82 Å². The van der Waals surface area contributed by atoms with E-state index in [0.717, 1.165) is 0 Å². The highest BCUT2D eigenvalue weighted by atomic mass is 32.1. The zero-order valence-corrected chi connectivity index (χ0v) is 7.69. The molecule has 0 bridgehead atoms. The van der Waals surface area contributed by atoms with Gasteiger partial charge >= 0.3 is 0 Å². The lowest BCUT2D eigenvalue weighted by molar-refractivity contribution is 0.378. The molecule has 66 valence electrons. The van der Waals surface area contributed by atoms with Crippen LogP contribution in [0.15, 0.2) is 17.0 Å². The second-order valence-electron chi connectivity index (χ2n) is 2.16. The van der Waals surface area contributed by atoms with E-state index >= 15 is 0 Å². The number of hydrogen-bond donors (Lipinski definition) is 1. The summed E-state index contributed by atoms with van der Waals surface area (Å²) in [5.41, 5.74) is 0. The average molecular weight is 188 g/mol. The fraction of sp³-hybridized carbons (Fsp3) is 0.250. The molecule has 1 aromatic rings. The van der Waals surface area contributed by atoms with Gasteiger partial charge in [-0.25, -0.2) is 4.39 Å². The lowest BCUT2D eigenvalue weighted by atomic mass is 10.3. The summed E-state index contributed by atoms with van der Waals surface area (Å²) >= 11 is 3.92. The van der Waals surface area contributed by atoms with E-state index in [2.05, 4.69) is 12.6 Å². The Bertz CT molecular complexity index is 289. The van der Waals surface area contributed by atoms with Gasteiger partial charge in [-0.1, -0.05) is 0 Å². The topological polar surface area (TPSA) is 18.5 Å². The molecule has 0 fully saturated rings. The molecule has 0 saturated heterocycles. The van der Waals surface area contributed by atoms with Gasteiger partial charge in [0.1, 0.15) is 17.3 Å². The molecule has 4 heteroatoms. The molecule has 0 spiro atoms. The number of benzene rings is 1. The molecule has 0 aromatic heterocycles. The van der Waals surface area contributed by atoms with Gasteiger partial charge in [-0.15, -0.1) is 12.6 Å². The van der Waals surface area contributed by atoms with Gasteiger partial charge < -0.3 is 9.47 Å². The van der Waals surface area contributed by atoms with Crippen molar-refractivity contribution in [2.24, 2.45) is 0 Å². The van der Waals surface area contributed by atoms with E-state index in [4.69, 9.17) is 9.47 Å². The molecule has 0 N–H and O–H groups in total. The summed E-state index contributed by atoms with van der Waals surface area (Å²) in [5, 5.41) is 0. The Morgan fingerprint density at radius 1 is 1.25 bits per heavy atom. The van der Waals surface area contributed by atoms with Gasteiger partial charge in [0.25, 0.3) is 0 Å². The Labute approximate surface area is 75.7 Å². The highest BCUT2D eigenvalue weighted by Crippen LogP contribution is 2.30. The first kappa shape index (κ1) is 9.19. The van der Waals surface area contributed by atoms with Gasteiger partial charge in [-0.3, -0.25) is 0 Å². The first-order chi connectivity index (χ1) is 5.69. The van der Waals surface area contributed by atoms with E-state index in [0.29, 0.717) is 11.5 Å². The lowest BCUT2D eigenvalue weighted by Crippen LogP contribution is -1.91. The molecule has 0 radical (unpaired) electrons. The minimum Gasteiger partial charge on any atom is -0.497 e. The SMILES string of the molecule is COc1cc(F)c(S)c(OC)c1. The van der Waals surface area contributed by atoms with Crippen molar-refractivity contribution in [2.45, 2.75) is 4.90 Å². The van der Waals surface area contributed by atoms with Crippen LogP contribution in [0.2, 0.25) is 0 Å². The Morgan fingerprint density at radius 3 is 2.42 bits per heavy atom.